The number of rotatable bonds is 5. The van der Waals surface area contributed by atoms with Crippen molar-refractivity contribution in [1.29, 1.82) is 0 Å². The number of nitrogens with zero attached hydrogens (tertiary/aromatic N) is 2. The first kappa shape index (κ1) is 23.9. The third kappa shape index (κ3) is 5.46. The van der Waals surface area contributed by atoms with Crippen molar-refractivity contribution < 1.29 is 23.1 Å². The lowest BCUT2D eigenvalue weighted by atomic mass is 10.0. The highest BCUT2D eigenvalue weighted by atomic mass is 35.5. The highest BCUT2D eigenvalue weighted by Crippen LogP contribution is 2.36. The minimum Gasteiger partial charge on any atom is -0.508 e. The van der Waals surface area contributed by atoms with Gasteiger partial charge < -0.3 is 15.3 Å². The number of halogens is 4. The molecule has 1 aliphatic heterocycles. The lowest BCUT2D eigenvalue weighted by molar-refractivity contribution is -0.137. The number of hydrogen-bond acceptors (Lipinski definition) is 4. The summed E-state index contributed by atoms with van der Waals surface area (Å²) in [5.41, 5.74) is 0.762. The third-order valence-corrected chi connectivity index (χ3v) is 6.13. The second-order valence-corrected chi connectivity index (χ2v) is 8.44. The van der Waals surface area contributed by atoms with Gasteiger partial charge in [0.15, 0.2) is 0 Å². The van der Waals surface area contributed by atoms with Crippen LogP contribution in [-0.2, 0) is 11.0 Å². The van der Waals surface area contributed by atoms with Gasteiger partial charge in [0, 0.05) is 37.6 Å². The van der Waals surface area contributed by atoms with E-state index in [2.05, 4.69) is 10.2 Å². The van der Waals surface area contributed by atoms with Crippen molar-refractivity contribution in [3.63, 3.8) is 0 Å². The average Bonchev–Trinajstić information content (AvgIpc) is 2.81. The molecule has 1 atom stereocenters. The summed E-state index contributed by atoms with van der Waals surface area (Å²) >= 11 is 5.71. The molecule has 1 fully saturated rings. The van der Waals surface area contributed by atoms with Crippen LogP contribution in [0.4, 0.5) is 24.5 Å². The molecule has 1 heterocycles. The van der Waals surface area contributed by atoms with Crippen LogP contribution in [0.2, 0.25) is 5.02 Å². The molecular weight excluding hydrogens is 467 g/mol. The maximum atomic E-state index is 13.3. The molecule has 178 valence electrons. The number of hydrogen-bond donors (Lipinski definition) is 2. The van der Waals surface area contributed by atoms with Crippen LogP contribution in [0.5, 0.6) is 5.75 Å². The lowest BCUT2D eigenvalue weighted by Crippen LogP contribution is -2.50. The summed E-state index contributed by atoms with van der Waals surface area (Å²) in [6.45, 7) is 2.45. The number of amides is 1. The molecule has 0 bridgehead atoms. The van der Waals surface area contributed by atoms with Crippen molar-refractivity contribution >= 4 is 28.9 Å². The Kier molecular flexibility index (Phi) is 7.00. The zero-order valence-corrected chi connectivity index (χ0v) is 18.9. The Morgan fingerprint density at radius 3 is 2.21 bits per heavy atom. The smallest absolute Gasteiger partial charge is 0.417 e. The van der Waals surface area contributed by atoms with E-state index >= 15 is 0 Å². The van der Waals surface area contributed by atoms with E-state index in [1.165, 1.54) is 6.07 Å². The largest absolute Gasteiger partial charge is 0.508 e. The summed E-state index contributed by atoms with van der Waals surface area (Å²) in [6, 6.07) is 18.8. The molecule has 0 aliphatic carbocycles. The molecule has 1 amide bonds. The Bertz CT molecular complexity index is 1130. The van der Waals surface area contributed by atoms with Gasteiger partial charge in [-0.3, -0.25) is 9.69 Å². The van der Waals surface area contributed by atoms with Crippen LogP contribution in [0.25, 0.3) is 0 Å². The van der Waals surface area contributed by atoms with Crippen LogP contribution in [0, 0.1) is 0 Å². The number of alkyl halides is 3. The first-order valence-electron chi connectivity index (χ1n) is 10.7. The molecule has 5 nitrogen and oxygen atoms in total. The van der Waals surface area contributed by atoms with E-state index in [9.17, 15) is 23.1 Å². The van der Waals surface area contributed by atoms with Crippen molar-refractivity contribution in [1.82, 2.24) is 4.90 Å². The van der Waals surface area contributed by atoms with E-state index < -0.39 is 28.7 Å². The van der Waals surface area contributed by atoms with Gasteiger partial charge >= 0.3 is 6.18 Å². The van der Waals surface area contributed by atoms with Gasteiger partial charge in [0.05, 0.1) is 10.6 Å². The van der Waals surface area contributed by atoms with E-state index in [0.29, 0.717) is 26.2 Å². The molecule has 3 aromatic rings. The van der Waals surface area contributed by atoms with Crippen LogP contribution in [0.1, 0.15) is 17.2 Å². The Morgan fingerprint density at radius 1 is 0.941 bits per heavy atom. The van der Waals surface area contributed by atoms with E-state index in [4.69, 9.17) is 11.6 Å². The van der Waals surface area contributed by atoms with Crippen molar-refractivity contribution in [2.24, 2.45) is 0 Å². The molecule has 9 heteroatoms. The minimum absolute atomic E-state index is 0.0328. The summed E-state index contributed by atoms with van der Waals surface area (Å²) in [6.07, 6.45) is -4.62. The van der Waals surface area contributed by atoms with Gasteiger partial charge in [-0.25, -0.2) is 0 Å². The van der Waals surface area contributed by atoms with Crippen LogP contribution < -0.4 is 10.2 Å². The quantitative estimate of drug-likeness (QED) is 0.492. The maximum absolute atomic E-state index is 13.3. The molecule has 0 unspecified atom stereocenters. The summed E-state index contributed by atoms with van der Waals surface area (Å²) in [7, 11) is 0. The number of nitrogens with one attached hydrogen (secondary N) is 1. The van der Waals surface area contributed by atoms with Gasteiger partial charge in [-0.1, -0.05) is 41.9 Å². The predicted molar refractivity (Wildman–Crippen MR) is 126 cm³/mol. The summed E-state index contributed by atoms with van der Waals surface area (Å²) in [5, 5.41) is 11.7. The molecule has 34 heavy (non-hydrogen) atoms. The summed E-state index contributed by atoms with van der Waals surface area (Å²) in [4.78, 5) is 17.5. The fraction of sp³-hybridized carbons (Fsp3) is 0.240. The average molecular weight is 490 g/mol. The van der Waals surface area contributed by atoms with Gasteiger partial charge in [-0.15, -0.1) is 0 Å². The van der Waals surface area contributed by atoms with E-state index in [1.807, 2.05) is 47.4 Å². The van der Waals surface area contributed by atoms with Crippen LogP contribution >= 0.6 is 11.6 Å². The Hall–Kier alpha value is -3.23. The van der Waals surface area contributed by atoms with E-state index in [0.717, 1.165) is 23.4 Å². The normalized spacial score (nSPS) is 15.7. The van der Waals surface area contributed by atoms with E-state index in [1.54, 1.807) is 12.1 Å². The maximum Gasteiger partial charge on any atom is 0.417 e. The Morgan fingerprint density at radius 2 is 1.59 bits per heavy atom. The standard InChI is InChI=1S/C25H23ClF3N3O2/c26-22-11-6-18(16-21(22)25(27,28)29)30-24(34)23(17-4-2-1-3-5-17)32-14-12-31(13-15-32)19-7-9-20(33)10-8-19/h1-11,16,23,33H,12-15H2,(H,30,34)/t23-/m1/s1. The summed E-state index contributed by atoms with van der Waals surface area (Å²) in [5.74, 6) is -0.223. The number of phenolic OH excluding ortho intramolecular Hbond substituents is 1. The SMILES string of the molecule is O=C(Nc1ccc(Cl)c(C(F)(F)F)c1)[C@@H](c1ccccc1)N1CCN(c2ccc(O)cc2)CC1. The minimum atomic E-state index is -4.62. The number of carbonyl (C=O) groups is 1. The zero-order valence-electron chi connectivity index (χ0n) is 18.1. The number of carbonyl (C=O) groups excluding carboxylic acids is 1. The summed E-state index contributed by atoms with van der Waals surface area (Å²) < 4.78 is 39.8. The number of benzene rings is 3. The van der Waals surface area contributed by atoms with Gasteiger partial charge in [0.25, 0.3) is 0 Å². The molecule has 0 radical (unpaired) electrons. The molecule has 0 aromatic heterocycles. The van der Waals surface area contributed by atoms with Crippen LogP contribution in [0.3, 0.4) is 0 Å². The third-order valence-electron chi connectivity index (χ3n) is 5.80. The van der Waals surface area contributed by atoms with Crippen molar-refractivity contribution in [3.05, 3.63) is 88.9 Å². The molecule has 1 aliphatic rings. The monoisotopic (exact) mass is 489 g/mol. The lowest BCUT2D eigenvalue weighted by Gasteiger charge is -2.39. The molecule has 0 spiro atoms. The second-order valence-electron chi connectivity index (χ2n) is 8.03. The van der Waals surface area contributed by atoms with Crippen molar-refractivity contribution in [3.8, 4) is 5.75 Å². The zero-order chi connectivity index (χ0) is 24.3. The fourth-order valence-corrected chi connectivity index (χ4v) is 4.32. The number of piperazine rings is 1. The van der Waals surface area contributed by atoms with Gasteiger partial charge in [-0.2, -0.15) is 13.2 Å². The highest BCUT2D eigenvalue weighted by molar-refractivity contribution is 6.31. The van der Waals surface area contributed by atoms with Gasteiger partial charge in [0.1, 0.15) is 11.8 Å². The molecular formula is C25H23ClF3N3O2. The van der Waals surface area contributed by atoms with Gasteiger partial charge in [-0.05, 0) is 48.0 Å². The molecule has 2 N–H and O–H groups in total. The number of phenols is 1. The number of anilines is 2. The molecule has 0 saturated carbocycles. The molecule has 1 saturated heterocycles. The van der Waals surface area contributed by atoms with Crippen LogP contribution in [0.15, 0.2) is 72.8 Å². The highest BCUT2D eigenvalue weighted by Gasteiger charge is 2.34. The van der Waals surface area contributed by atoms with Crippen molar-refractivity contribution in [2.45, 2.75) is 12.2 Å². The van der Waals surface area contributed by atoms with Crippen molar-refractivity contribution in [2.75, 3.05) is 36.4 Å². The second kappa shape index (κ2) is 9.95. The Labute approximate surface area is 200 Å². The van der Waals surface area contributed by atoms with Crippen LogP contribution in [-0.4, -0.2) is 42.1 Å². The molecule has 3 aromatic carbocycles. The Balaban J connectivity index is 1.53. The van der Waals surface area contributed by atoms with E-state index in [-0.39, 0.29) is 11.4 Å². The number of aromatic hydroxyl groups is 1. The topological polar surface area (TPSA) is 55.8 Å². The first-order chi connectivity index (χ1) is 16.2. The predicted octanol–water partition coefficient (Wildman–Crippen LogP) is 5.57. The fourth-order valence-electron chi connectivity index (χ4n) is 4.10. The molecule has 4 rings (SSSR count). The first-order valence-corrected chi connectivity index (χ1v) is 11.1. The van der Waals surface area contributed by atoms with Gasteiger partial charge in [0.2, 0.25) is 5.91 Å².